The Morgan fingerprint density at radius 2 is 2.09 bits per heavy atom. The van der Waals surface area contributed by atoms with Crippen molar-refractivity contribution in [3.8, 4) is 17.9 Å². The number of rotatable bonds is 10. The van der Waals surface area contributed by atoms with E-state index in [9.17, 15) is 9.59 Å². The Labute approximate surface area is 202 Å². The van der Waals surface area contributed by atoms with Gasteiger partial charge in [0.1, 0.15) is 22.9 Å². The number of likely N-dealkylation sites (N-methyl/N-ethyl adjacent to an activating group) is 1. The molecule has 0 saturated carbocycles. The minimum Gasteiger partial charge on any atom is -0.465 e. The van der Waals surface area contributed by atoms with E-state index in [1.807, 2.05) is 31.2 Å². The van der Waals surface area contributed by atoms with Gasteiger partial charge >= 0.3 is 12.1 Å². The first kappa shape index (κ1) is 25.2. The number of fused-ring (bicyclic) bond motifs is 1. The third-order valence-corrected chi connectivity index (χ3v) is 5.06. The molecule has 1 unspecified atom stereocenters. The lowest BCUT2D eigenvalue weighted by molar-refractivity contribution is -0.124. The Morgan fingerprint density at radius 3 is 2.86 bits per heavy atom. The quantitative estimate of drug-likeness (QED) is 0.293. The van der Waals surface area contributed by atoms with Gasteiger partial charge in [-0.05, 0) is 37.1 Å². The van der Waals surface area contributed by atoms with E-state index in [0.29, 0.717) is 48.3 Å². The fourth-order valence-electron chi connectivity index (χ4n) is 2.91. The number of para-hydroxylation sites is 1. The first-order valence-electron chi connectivity index (χ1n) is 11.2. The summed E-state index contributed by atoms with van der Waals surface area (Å²) in [7, 11) is 1.36. The number of aromatic nitrogens is 5. The maximum Gasteiger partial charge on any atom is 0.407 e. The molecule has 2 heterocycles. The molecule has 1 atom stereocenters. The van der Waals surface area contributed by atoms with Gasteiger partial charge in [-0.15, -0.1) is 5.10 Å². The van der Waals surface area contributed by atoms with Crippen molar-refractivity contribution in [2.75, 3.05) is 25.5 Å². The molecule has 3 rings (SSSR count). The molecule has 0 spiro atoms. The van der Waals surface area contributed by atoms with Gasteiger partial charge in [-0.2, -0.15) is 4.98 Å². The van der Waals surface area contributed by atoms with Crippen molar-refractivity contribution in [3.05, 3.63) is 36.0 Å². The van der Waals surface area contributed by atoms with Gasteiger partial charge in [-0.25, -0.2) is 9.78 Å². The van der Waals surface area contributed by atoms with Crippen LogP contribution in [0.1, 0.15) is 38.7 Å². The number of carbonyl (C=O) groups is 2. The molecule has 184 valence electrons. The summed E-state index contributed by atoms with van der Waals surface area (Å²) in [5.41, 5.74) is 2.01. The Kier molecular flexibility index (Phi) is 8.77. The van der Waals surface area contributed by atoms with E-state index in [-0.39, 0.29) is 11.9 Å². The lowest BCUT2D eigenvalue weighted by Gasteiger charge is -2.20. The topological polar surface area (TPSA) is 147 Å². The Balaban J connectivity index is 1.59. The number of nitrogens with zero attached hydrogens (tertiary/aromatic N) is 6. The molecule has 3 aromatic rings. The first-order chi connectivity index (χ1) is 16.9. The lowest BCUT2D eigenvalue weighted by atomic mass is 10.2. The number of unbranched alkanes of at least 4 members (excludes halogenated alkanes) is 1. The van der Waals surface area contributed by atoms with Gasteiger partial charge in [0.2, 0.25) is 5.91 Å². The second-order valence-electron chi connectivity index (χ2n) is 7.65. The molecule has 0 aliphatic rings. The van der Waals surface area contributed by atoms with Crippen LogP contribution in [0.2, 0.25) is 0 Å². The molecule has 0 aliphatic carbocycles. The molecule has 12 nitrogen and oxygen atoms in total. The molecule has 3 N–H and O–H groups in total. The summed E-state index contributed by atoms with van der Waals surface area (Å²) in [6.07, 6.45) is 2.47. The third-order valence-electron chi connectivity index (χ3n) is 5.06. The fraction of sp³-hybridized carbons (Fsp3) is 0.391. The summed E-state index contributed by atoms with van der Waals surface area (Å²) < 4.78 is 0. The van der Waals surface area contributed by atoms with Crippen molar-refractivity contribution in [2.24, 2.45) is 0 Å². The Morgan fingerprint density at radius 1 is 1.29 bits per heavy atom. The van der Waals surface area contributed by atoms with Crippen LogP contribution in [0.3, 0.4) is 0 Å². The van der Waals surface area contributed by atoms with Crippen molar-refractivity contribution >= 4 is 28.9 Å². The zero-order valence-corrected chi connectivity index (χ0v) is 19.9. The smallest absolute Gasteiger partial charge is 0.407 e. The Bertz CT molecular complexity index is 1230. The maximum atomic E-state index is 12.0. The average molecular weight is 481 g/mol. The summed E-state index contributed by atoms with van der Waals surface area (Å²) in [6, 6.07) is 6.73. The molecule has 0 saturated heterocycles. The molecule has 2 aromatic heterocycles. The van der Waals surface area contributed by atoms with Gasteiger partial charge in [-0.1, -0.05) is 35.7 Å². The van der Waals surface area contributed by atoms with E-state index in [2.05, 4.69) is 42.8 Å². The van der Waals surface area contributed by atoms with E-state index in [4.69, 9.17) is 9.94 Å². The highest BCUT2D eigenvalue weighted by Crippen LogP contribution is 2.16. The largest absolute Gasteiger partial charge is 0.465 e. The second kappa shape index (κ2) is 12.2. The predicted octanol–water partition coefficient (Wildman–Crippen LogP) is 2.13. The maximum absolute atomic E-state index is 12.0. The molecule has 35 heavy (non-hydrogen) atoms. The van der Waals surface area contributed by atoms with Crippen molar-refractivity contribution in [1.82, 2.24) is 35.3 Å². The molecule has 0 radical (unpaired) electrons. The highest BCUT2D eigenvalue weighted by molar-refractivity contribution is 5.84. The molecular weight excluding hydrogens is 452 g/mol. The van der Waals surface area contributed by atoms with Crippen LogP contribution in [-0.2, 0) is 4.79 Å². The molecule has 0 fully saturated rings. The van der Waals surface area contributed by atoms with Crippen LogP contribution < -0.4 is 15.5 Å². The Hall–Kier alpha value is -4.40. The van der Waals surface area contributed by atoms with E-state index < -0.39 is 12.1 Å². The highest BCUT2D eigenvalue weighted by atomic mass is 16.7. The van der Waals surface area contributed by atoms with Gasteiger partial charge in [0, 0.05) is 26.6 Å². The van der Waals surface area contributed by atoms with Crippen LogP contribution in [0, 0.1) is 11.8 Å². The third kappa shape index (κ3) is 6.80. The van der Waals surface area contributed by atoms with Gasteiger partial charge in [-0.3, -0.25) is 9.69 Å². The van der Waals surface area contributed by atoms with Gasteiger partial charge < -0.3 is 20.6 Å². The van der Waals surface area contributed by atoms with Crippen LogP contribution in [0.25, 0.3) is 11.0 Å². The summed E-state index contributed by atoms with van der Waals surface area (Å²) in [5, 5.41) is 22.9. The summed E-state index contributed by atoms with van der Waals surface area (Å²) in [5.74, 6) is 6.31. The average Bonchev–Trinajstić information content (AvgIpc) is 3.27. The van der Waals surface area contributed by atoms with Crippen LogP contribution >= 0.6 is 0 Å². The number of carbonyl (C=O) groups excluding carboxylic acids is 1. The predicted molar refractivity (Wildman–Crippen MR) is 129 cm³/mol. The second-order valence-corrected chi connectivity index (χ2v) is 7.65. The number of anilines is 1. The van der Waals surface area contributed by atoms with Crippen molar-refractivity contribution in [1.29, 1.82) is 0 Å². The van der Waals surface area contributed by atoms with E-state index in [1.165, 1.54) is 18.8 Å². The van der Waals surface area contributed by atoms with Crippen molar-refractivity contribution in [3.63, 3.8) is 0 Å². The summed E-state index contributed by atoms with van der Waals surface area (Å²) in [4.78, 5) is 39.5. The normalized spacial score (nSPS) is 11.3. The van der Waals surface area contributed by atoms with E-state index in [0.717, 1.165) is 11.3 Å². The fourth-order valence-corrected chi connectivity index (χ4v) is 2.91. The number of hydrogen-bond donors (Lipinski definition) is 3. The zero-order chi connectivity index (χ0) is 25.2. The molecule has 2 amide bonds. The number of amides is 2. The minimum absolute atomic E-state index is 0.105. The first-order valence-corrected chi connectivity index (χ1v) is 11.2. The van der Waals surface area contributed by atoms with E-state index in [1.54, 1.807) is 6.20 Å². The minimum atomic E-state index is -1.15. The molecule has 1 aromatic carbocycles. The van der Waals surface area contributed by atoms with Gasteiger partial charge in [0.15, 0.2) is 0 Å². The molecule has 0 aliphatic heterocycles. The van der Waals surface area contributed by atoms with Crippen LogP contribution in [0.5, 0.6) is 6.01 Å². The summed E-state index contributed by atoms with van der Waals surface area (Å²) >= 11 is 0. The summed E-state index contributed by atoms with van der Waals surface area (Å²) in [6.45, 7) is 4.67. The van der Waals surface area contributed by atoms with Crippen LogP contribution in [-0.4, -0.2) is 73.3 Å². The SMILES string of the molecule is CCCNc1nc(On2nnc3ccccc32)ncc1C#CCCCNC(=O)C(C)N(C)C(=O)O. The number of benzene rings is 1. The number of carboxylic acid groups (broad SMARTS) is 1. The van der Waals surface area contributed by atoms with Gasteiger partial charge in [0.25, 0.3) is 0 Å². The molecule has 0 bridgehead atoms. The number of hydrogen-bond acceptors (Lipinski definition) is 8. The van der Waals surface area contributed by atoms with Crippen molar-refractivity contribution in [2.45, 2.75) is 39.2 Å². The molecule has 12 heteroatoms. The van der Waals surface area contributed by atoms with Gasteiger partial charge in [0.05, 0.1) is 11.8 Å². The monoisotopic (exact) mass is 480 g/mol. The standard InChI is InChI=1S/C23H28N8O4/c1-4-13-24-20-17(10-6-5-9-14-25-21(32)16(2)30(3)23(33)34)15-26-22(27-20)35-31-19-12-8-7-11-18(19)28-29-31/h7-8,11-12,15-16H,4-5,9,13-14H2,1-3H3,(H,25,32)(H,33,34)(H,24,26,27). The van der Waals surface area contributed by atoms with E-state index >= 15 is 0 Å². The highest BCUT2D eigenvalue weighted by Gasteiger charge is 2.21. The van der Waals surface area contributed by atoms with Crippen LogP contribution in [0.15, 0.2) is 30.5 Å². The van der Waals surface area contributed by atoms with Crippen molar-refractivity contribution < 1.29 is 19.5 Å². The molecular formula is C23H28N8O4. The lowest BCUT2D eigenvalue weighted by Crippen LogP contribution is -2.45. The van der Waals surface area contributed by atoms with Crippen LogP contribution in [0.4, 0.5) is 10.6 Å². The zero-order valence-electron chi connectivity index (χ0n) is 19.9. The number of nitrogens with one attached hydrogen (secondary N) is 2.